The fourth-order valence-corrected chi connectivity index (χ4v) is 3.45. The van der Waals surface area contributed by atoms with Gasteiger partial charge in [-0.1, -0.05) is 30.3 Å². The first-order chi connectivity index (χ1) is 10.8. The van der Waals surface area contributed by atoms with Gasteiger partial charge in [0.25, 0.3) is 5.56 Å². The number of rotatable bonds is 3. The SMILES string of the molecule is O=c1c2sccc2n2c(=O)[nH]nc2n1CCc1ccccc1. The molecular weight excluding hydrogens is 300 g/mol. The number of nitrogens with one attached hydrogen (secondary N) is 1. The summed E-state index contributed by atoms with van der Waals surface area (Å²) in [4.78, 5) is 24.6. The van der Waals surface area contributed by atoms with Crippen LogP contribution in [0.15, 0.2) is 51.4 Å². The molecule has 0 amide bonds. The van der Waals surface area contributed by atoms with Crippen molar-refractivity contribution in [1.29, 1.82) is 0 Å². The molecule has 4 rings (SSSR count). The van der Waals surface area contributed by atoms with E-state index < -0.39 is 0 Å². The Bertz CT molecular complexity index is 1070. The Morgan fingerprint density at radius 3 is 2.77 bits per heavy atom. The number of fused-ring (bicyclic) bond motifs is 3. The normalized spacial score (nSPS) is 11.5. The minimum Gasteiger partial charge on any atom is -0.275 e. The number of benzene rings is 1. The van der Waals surface area contributed by atoms with E-state index in [2.05, 4.69) is 10.2 Å². The predicted octanol–water partition coefficient (Wildman–Crippen LogP) is 1.64. The second kappa shape index (κ2) is 4.96. The molecule has 110 valence electrons. The average Bonchev–Trinajstić information content (AvgIpc) is 3.15. The molecule has 3 heterocycles. The maximum absolute atomic E-state index is 12.6. The zero-order valence-corrected chi connectivity index (χ0v) is 12.3. The van der Waals surface area contributed by atoms with Crippen LogP contribution in [0.2, 0.25) is 0 Å². The predicted molar refractivity (Wildman–Crippen MR) is 85.6 cm³/mol. The molecule has 1 aromatic carbocycles. The van der Waals surface area contributed by atoms with E-state index in [1.54, 1.807) is 10.6 Å². The van der Waals surface area contributed by atoms with Gasteiger partial charge < -0.3 is 0 Å². The third kappa shape index (κ3) is 1.90. The van der Waals surface area contributed by atoms with Crippen LogP contribution in [0.3, 0.4) is 0 Å². The van der Waals surface area contributed by atoms with E-state index in [0.717, 1.165) is 5.56 Å². The lowest BCUT2D eigenvalue weighted by atomic mass is 10.1. The highest BCUT2D eigenvalue weighted by atomic mass is 32.1. The molecule has 0 spiro atoms. The van der Waals surface area contributed by atoms with Gasteiger partial charge in [-0.05, 0) is 23.4 Å². The lowest BCUT2D eigenvalue weighted by Gasteiger charge is -2.07. The van der Waals surface area contributed by atoms with E-state index in [-0.39, 0.29) is 11.2 Å². The molecule has 0 aliphatic heterocycles. The number of H-pyrrole nitrogens is 1. The monoisotopic (exact) mass is 312 g/mol. The molecule has 0 saturated heterocycles. The van der Waals surface area contributed by atoms with Crippen molar-refractivity contribution in [3.05, 3.63) is 68.2 Å². The van der Waals surface area contributed by atoms with E-state index in [1.807, 2.05) is 35.7 Å². The molecule has 0 fully saturated rings. The molecule has 1 N–H and O–H groups in total. The number of aromatic nitrogens is 4. The van der Waals surface area contributed by atoms with Crippen molar-refractivity contribution in [1.82, 2.24) is 19.2 Å². The number of aryl methyl sites for hydroxylation is 2. The second-order valence-electron chi connectivity index (χ2n) is 4.99. The van der Waals surface area contributed by atoms with Gasteiger partial charge in [-0.3, -0.25) is 9.36 Å². The summed E-state index contributed by atoms with van der Waals surface area (Å²) in [6.45, 7) is 0.477. The van der Waals surface area contributed by atoms with Crippen molar-refractivity contribution in [2.75, 3.05) is 0 Å². The van der Waals surface area contributed by atoms with Crippen LogP contribution in [0, 0.1) is 0 Å². The van der Waals surface area contributed by atoms with E-state index in [0.29, 0.717) is 29.0 Å². The zero-order valence-electron chi connectivity index (χ0n) is 11.5. The van der Waals surface area contributed by atoms with Gasteiger partial charge in [0, 0.05) is 6.54 Å². The summed E-state index contributed by atoms with van der Waals surface area (Å²) in [5.41, 5.74) is 1.32. The van der Waals surface area contributed by atoms with Crippen LogP contribution in [-0.4, -0.2) is 19.2 Å². The van der Waals surface area contributed by atoms with Crippen LogP contribution in [0.1, 0.15) is 5.56 Å². The molecule has 4 aromatic rings. The zero-order chi connectivity index (χ0) is 15.1. The van der Waals surface area contributed by atoms with Crippen molar-refractivity contribution < 1.29 is 0 Å². The van der Waals surface area contributed by atoms with Gasteiger partial charge in [0.05, 0.1) is 5.52 Å². The van der Waals surface area contributed by atoms with Gasteiger partial charge in [-0.2, -0.15) is 0 Å². The number of aromatic amines is 1. The van der Waals surface area contributed by atoms with Gasteiger partial charge in [0.1, 0.15) is 4.70 Å². The number of hydrogen-bond donors (Lipinski definition) is 1. The van der Waals surface area contributed by atoms with Gasteiger partial charge in [0.2, 0.25) is 5.78 Å². The molecule has 0 aliphatic rings. The molecule has 0 aliphatic carbocycles. The summed E-state index contributed by atoms with van der Waals surface area (Å²) in [5, 5.41) is 8.25. The molecule has 0 saturated carbocycles. The van der Waals surface area contributed by atoms with Gasteiger partial charge in [0.15, 0.2) is 0 Å². The fourth-order valence-electron chi connectivity index (χ4n) is 2.63. The van der Waals surface area contributed by atoms with E-state index in [4.69, 9.17) is 0 Å². The third-order valence-corrected chi connectivity index (χ3v) is 4.58. The molecule has 22 heavy (non-hydrogen) atoms. The van der Waals surface area contributed by atoms with Crippen LogP contribution in [0.4, 0.5) is 0 Å². The maximum atomic E-state index is 12.6. The third-order valence-electron chi connectivity index (χ3n) is 3.69. The van der Waals surface area contributed by atoms with Crippen molar-refractivity contribution in [2.45, 2.75) is 13.0 Å². The minimum atomic E-state index is -0.327. The molecule has 0 atom stereocenters. The Balaban J connectivity index is 1.90. The van der Waals surface area contributed by atoms with Gasteiger partial charge in [-0.25, -0.2) is 14.3 Å². The van der Waals surface area contributed by atoms with Gasteiger partial charge >= 0.3 is 5.69 Å². The molecular formula is C15H12N4O2S. The van der Waals surface area contributed by atoms with Crippen LogP contribution < -0.4 is 11.2 Å². The first-order valence-corrected chi connectivity index (χ1v) is 7.75. The fraction of sp³-hybridized carbons (Fsp3) is 0.133. The van der Waals surface area contributed by atoms with Crippen molar-refractivity contribution in [2.24, 2.45) is 0 Å². The Labute approximate surface area is 128 Å². The summed E-state index contributed by atoms with van der Waals surface area (Å²) in [6, 6.07) is 11.7. The van der Waals surface area contributed by atoms with Crippen LogP contribution in [-0.2, 0) is 13.0 Å². The maximum Gasteiger partial charge on any atom is 0.349 e. The lowest BCUT2D eigenvalue weighted by Crippen LogP contribution is -2.25. The summed E-state index contributed by atoms with van der Waals surface area (Å²) in [5.74, 6) is 0.358. The minimum absolute atomic E-state index is 0.104. The Morgan fingerprint density at radius 2 is 1.95 bits per heavy atom. The number of nitrogens with zero attached hydrogens (tertiary/aromatic N) is 3. The van der Waals surface area contributed by atoms with Crippen LogP contribution >= 0.6 is 11.3 Å². The van der Waals surface area contributed by atoms with E-state index in [1.165, 1.54) is 15.7 Å². The number of hydrogen-bond acceptors (Lipinski definition) is 4. The second-order valence-corrected chi connectivity index (χ2v) is 5.91. The molecule has 0 unspecified atom stereocenters. The Morgan fingerprint density at radius 1 is 1.14 bits per heavy atom. The van der Waals surface area contributed by atoms with Crippen LogP contribution in [0.5, 0.6) is 0 Å². The largest absolute Gasteiger partial charge is 0.349 e. The summed E-state index contributed by atoms with van der Waals surface area (Å²) in [6.07, 6.45) is 0.703. The van der Waals surface area contributed by atoms with Crippen molar-refractivity contribution >= 4 is 27.3 Å². The highest BCUT2D eigenvalue weighted by Crippen LogP contribution is 2.17. The number of thiophene rings is 1. The molecule has 0 bridgehead atoms. The molecule has 7 heteroatoms. The highest BCUT2D eigenvalue weighted by molar-refractivity contribution is 7.17. The van der Waals surface area contributed by atoms with Crippen LogP contribution in [0.25, 0.3) is 16.0 Å². The Kier molecular flexibility index (Phi) is 2.93. The standard InChI is InChI=1S/C15H12N4O2S/c20-13-12-11(7-9-22-12)19-14(16-17-15(19)21)18(13)8-6-10-4-2-1-3-5-10/h1-5,7,9H,6,8H2,(H,17,21). The first-order valence-electron chi connectivity index (χ1n) is 6.87. The summed E-state index contributed by atoms with van der Waals surface area (Å²) < 4.78 is 3.59. The quantitative estimate of drug-likeness (QED) is 0.625. The topological polar surface area (TPSA) is 72.2 Å². The average molecular weight is 312 g/mol. The smallest absolute Gasteiger partial charge is 0.275 e. The molecule has 3 aromatic heterocycles. The lowest BCUT2D eigenvalue weighted by molar-refractivity contribution is 0.679. The molecule has 6 nitrogen and oxygen atoms in total. The van der Waals surface area contributed by atoms with Crippen molar-refractivity contribution in [3.63, 3.8) is 0 Å². The highest BCUT2D eigenvalue weighted by Gasteiger charge is 2.15. The van der Waals surface area contributed by atoms with E-state index >= 15 is 0 Å². The van der Waals surface area contributed by atoms with Gasteiger partial charge in [-0.15, -0.1) is 16.4 Å². The molecule has 0 radical (unpaired) electrons. The first kappa shape index (κ1) is 13.0. The summed E-state index contributed by atoms with van der Waals surface area (Å²) in [7, 11) is 0. The van der Waals surface area contributed by atoms with Crippen molar-refractivity contribution in [3.8, 4) is 0 Å². The van der Waals surface area contributed by atoms with E-state index in [9.17, 15) is 9.59 Å². The summed E-state index contributed by atoms with van der Waals surface area (Å²) >= 11 is 1.34. The Hall–Kier alpha value is -2.67.